The lowest BCUT2D eigenvalue weighted by atomic mass is 9.92. The van der Waals surface area contributed by atoms with Crippen LogP contribution in [0.15, 0.2) is 192 Å². The third kappa shape index (κ3) is 6.06. The van der Waals surface area contributed by atoms with E-state index < -0.39 is 0 Å². The predicted molar refractivity (Wildman–Crippen MR) is 237 cm³/mol. The van der Waals surface area contributed by atoms with E-state index >= 15 is 0 Å². The van der Waals surface area contributed by atoms with Crippen LogP contribution in [0.4, 0.5) is 0 Å². The Bertz CT molecular complexity index is 3380. The third-order valence-corrected chi connectivity index (χ3v) is 10.9. The Morgan fingerprint density at radius 2 is 0.881 bits per heavy atom. The van der Waals surface area contributed by atoms with Gasteiger partial charge >= 0.3 is 0 Å². The molecule has 0 spiro atoms. The highest BCUT2D eigenvalue weighted by molar-refractivity contribution is 6.30. The number of benzene rings is 8. The molecule has 0 bridgehead atoms. The summed E-state index contributed by atoms with van der Waals surface area (Å²) in [5.74, 6) is 1.86. The van der Waals surface area contributed by atoms with Gasteiger partial charge in [0.2, 0.25) is 0 Å². The zero-order chi connectivity index (χ0) is 39.3. The van der Waals surface area contributed by atoms with Crippen LogP contribution in [0.2, 0.25) is 0 Å². The maximum Gasteiger partial charge on any atom is 0.164 e. The van der Waals surface area contributed by atoms with Gasteiger partial charge in [-0.1, -0.05) is 140 Å². The van der Waals surface area contributed by atoms with Crippen molar-refractivity contribution < 1.29 is 4.42 Å². The molecule has 0 aliphatic heterocycles. The van der Waals surface area contributed by atoms with Crippen LogP contribution in [0, 0.1) is 11.3 Å². The maximum atomic E-state index is 9.28. The molecule has 0 saturated carbocycles. The number of fused-ring (bicyclic) bond motifs is 8. The second-order valence-corrected chi connectivity index (χ2v) is 14.5. The van der Waals surface area contributed by atoms with Crippen molar-refractivity contribution in [2.24, 2.45) is 0 Å². The topological polar surface area (TPSA) is 88.5 Å². The quantitative estimate of drug-likeness (QED) is 0.157. The minimum atomic E-state index is 0.610. The number of hydrogen-bond acceptors (Lipinski definition) is 6. The van der Waals surface area contributed by atoms with E-state index in [4.69, 9.17) is 24.4 Å². The zero-order valence-electron chi connectivity index (χ0n) is 31.5. The van der Waals surface area contributed by atoms with Gasteiger partial charge in [0, 0.05) is 44.0 Å². The predicted octanol–water partition coefficient (Wildman–Crippen LogP) is 13.3. The lowest BCUT2D eigenvalue weighted by Gasteiger charge is -2.12. The molecule has 8 aromatic carbocycles. The van der Waals surface area contributed by atoms with E-state index in [-0.39, 0.29) is 0 Å². The summed E-state index contributed by atoms with van der Waals surface area (Å²) < 4.78 is 6.74. The van der Waals surface area contributed by atoms with Gasteiger partial charge in [-0.15, -0.1) is 0 Å². The van der Waals surface area contributed by atoms with Gasteiger partial charge in [0.05, 0.1) is 23.0 Å². The Morgan fingerprint density at radius 3 is 1.59 bits per heavy atom. The van der Waals surface area contributed by atoms with Crippen LogP contribution in [0.5, 0.6) is 0 Å². The highest BCUT2D eigenvalue weighted by atomic mass is 16.3. The summed E-state index contributed by atoms with van der Waals surface area (Å²) in [6, 6.07) is 65.8. The van der Waals surface area contributed by atoms with E-state index in [9.17, 15) is 5.26 Å². The third-order valence-electron chi connectivity index (χ3n) is 10.9. The summed E-state index contributed by atoms with van der Waals surface area (Å²) in [6.07, 6.45) is 0. The highest BCUT2D eigenvalue weighted by Gasteiger charge is 2.19. The van der Waals surface area contributed by atoms with E-state index in [1.807, 2.05) is 115 Å². The fourth-order valence-corrected chi connectivity index (χ4v) is 8.04. The van der Waals surface area contributed by atoms with Gasteiger partial charge in [0.25, 0.3) is 0 Å². The van der Waals surface area contributed by atoms with Crippen LogP contribution in [-0.4, -0.2) is 19.9 Å². The average molecular weight is 754 g/mol. The zero-order valence-corrected chi connectivity index (χ0v) is 31.5. The summed E-state index contributed by atoms with van der Waals surface area (Å²) in [6.45, 7) is 0. The van der Waals surface area contributed by atoms with Gasteiger partial charge in [-0.3, -0.25) is 0 Å². The fourth-order valence-electron chi connectivity index (χ4n) is 8.04. The Labute approximate surface area is 339 Å². The molecule has 6 nitrogen and oxygen atoms in total. The van der Waals surface area contributed by atoms with E-state index in [1.165, 1.54) is 0 Å². The number of pyridine rings is 1. The smallest absolute Gasteiger partial charge is 0.164 e. The summed E-state index contributed by atoms with van der Waals surface area (Å²) >= 11 is 0. The number of aromatic nitrogens is 4. The van der Waals surface area contributed by atoms with E-state index in [0.717, 1.165) is 93.8 Å². The van der Waals surface area contributed by atoms with Gasteiger partial charge in [-0.2, -0.15) is 5.26 Å². The van der Waals surface area contributed by atoms with Crippen molar-refractivity contribution >= 4 is 43.5 Å². The van der Waals surface area contributed by atoms with Gasteiger partial charge in [0.15, 0.2) is 17.5 Å². The SMILES string of the molecule is N#Cc1ccc(-c2cccc(-c3ccc4c5ccc(-c6cccc(-c7nc(-c8ccccc8)nc(-c8ccccc8)n7)c6)cc5c5oc6ccccc6c5c4c3)n2)cc1. The Kier molecular flexibility index (Phi) is 8.09. The summed E-state index contributed by atoms with van der Waals surface area (Å²) in [5.41, 5.74) is 10.9. The molecule has 11 rings (SSSR count). The molecule has 0 atom stereocenters. The average Bonchev–Trinajstić information content (AvgIpc) is 3.72. The van der Waals surface area contributed by atoms with E-state index in [2.05, 4.69) is 78.9 Å². The van der Waals surface area contributed by atoms with Crippen molar-refractivity contribution in [2.45, 2.75) is 0 Å². The maximum absolute atomic E-state index is 9.28. The van der Waals surface area contributed by atoms with Gasteiger partial charge in [-0.25, -0.2) is 19.9 Å². The first-order valence-electron chi connectivity index (χ1n) is 19.4. The number of hydrogen-bond donors (Lipinski definition) is 0. The van der Waals surface area contributed by atoms with Gasteiger partial charge in [0.1, 0.15) is 11.2 Å². The molecule has 3 heterocycles. The Morgan fingerprint density at radius 1 is 0.356 bits per heavy atom. The lowest BCUT2D eigenvalue weighted by Crippen LogP contribution is -2.00. The second-order valence-electron chi connectivity index (χ2n) is 14.5. The molecular formula is C53H31N5O. The molecule has 0 saturated heterocycles. The minimum absolute atomic E-state index is 0.610. The lowest BCUT2D eigenvalue weighted by molar-refractivity contribution is 0.673. The standard InChI is InChI=1S/C53H31N5O/c54-32-33-21-23-34(24-22-33)46-18-10-19-47(55-46)39-26-28-41-42-27-25-38(30-45(42)50-49(44(41)31-39)43-17-7-8-20-48(43)59-50)37-15-9-16-40(29-37)53-57-51(35-11-3-1-4-12-35)56-52(58-53)36-13-5-2-6-14-36/h1-31H. The molecule has 0 aliphatic rings. The highest BCUT2D eigenvalue weighted by Crippen LogP contribution is 2.43. The van der Waals surface area contributed by atoms with Gasteiger partial charge in [-0.05, 0) is 75.8 Å². The van der Waals surface area contributed by atoms with Crippen LogP contribution >= 0.6 is 0 Å². The fraction of sp³-hybridized carbons (Fsp3) is 0. The second kappa shape index (κ2) is 14.0. The number of rotatable bonds is 6. The number of nitrogens with zero attached hydrogens (tertiary/aromatic N) is 5. The van der Waals surface area contributed by atoms with Crippen molar-refractivity contribution in [1.82, 2.24) is 19.9 Å². The summed E-state index contributed by atoms with van der Waals surface area (Å²) in [5, 5.41) is 15.8. The molecule has 0 radical (unpaired) electrons. The number of para-hydroxylation sites is 1. The van der Waals surface area contributed by atoms with E-state index in [0.29, 0.717) is 23.0 Å². The molecule has 274 valence electrons. The van der Waals surface area contributed by atoms with Crippen LogP contribution in [0.1, 0.15) is 5.56 Å². The minimum Gasteiger partial charge on any atom is -0.455 e. The van der Waals surface area contributed by atoms with Crippen LogP contribution < -0.4 is 0 Å². The molecule has 0 amide bonds. The molecular weight excluding hydrogens is 723 g/mol. The first kappa shape index (κ1) is 34.0. The molecule has 3 aromatic heterocycles. The van der Waals surface area contributed by atoms with Crippen LogP contribution in [-0.2, 0) is 0 Å². The van der Waals surface area contributed by atoms with Crippen LogP contribution in [0.3, 0.4) is 0 Å². The molecule has 0 N–H and O–H groups in total. The molecule has 0 unspecified atom stereocenters. The van der Waals surface area contributed by atoms with Crippen molar-refractivity contribution in [1.29, 1.82) is 5.26 Å². The molecule has 6 heteroatoms. The monoisotopic (exact) mass is 753 g/mol. The molecule has 11 aromatic rings. The van der Waals surface area contributed by atoms with Crippen molar-refractivity contribution in [3.63, 3.8) is 0 Å². The first-order chi connectivity index (χ1) is 29.2. The van der Waals surface area contributed by atoms with Crippen molar-refractivity contribution in [3.05, 3.63) is 194 Å². The molecule has 59 heavy (non-hydrogen) atoms. The number of nitriles is 1. The van der Waals surface area contributed by atoms with Crippen molar-refractivity contribution in [3.8, 4) is 73.9 Å². The largest absolute Gasteiger partial charge is 0.455 e. The molecule has 0 aliphatic carbocycles. The molecule has 0 fully saturated rings. The Hall–Kier alpha value is -8.27. The van der Waals surface area contributed by atoms with Crippen molar-refractivity contribution in [2.75, 3.05) is 0 Å². The summed E-state index contributed by atoms with van der Waals surface area (Å²) in [7, 11) is 0. The van der Waals surface area contributed by atoms with Crippen LogP contribution in [0.25, 0.3) is 111 Å². The first-order valence-corrected chi connectivity index (χ1v) is 19.4. The summed E-state index contributed by atoms with van der Waals surface area (Å²) in [4.78, 5) is 19.9. The normalized spacial score (nSPS) is 11.4. The Balaban J connectivity index is 1.05. The number of furan rings is 1. The van der Waals surface area contributed by atoms with Gasteiger partial charge < -0.3 is 4.42 Å². The van der Waals surface area contributed by atoms with E-state index in [1.54, 1.807) is 0 Å².